The second-order valence-corrected chi connectivity index (χ2v) is 4.49. The number of nitrogen functional groups attached to an aromatic ring is 1. The molecule has 0 unspecified atom stereocenters. The summed E-state index contributed by atoms with van der Waals surface area (Å²) < 4.78 is 4.94. The van der Waals surface area contributed by atoms with E-state index in [9.17, 15) is 9.59 Å². The summed E-state index contributed by atoms with van der Waals surface area (Å²) >= 11 is 11.7. The minimum absolute atomic E-state index is 0.0343. The van der Waals surface area contributed by atoms with Gasteiger partial charge in [0.1, 0.15) is 6.61 Å². The van der Waals surface area contributed by atoms with Crippen molar-refractivity contribution in [2.75, 3.05) is 18.9 Å². The van der Waals surface area contributed by atoms with Crippen LogP contribution in [0, 0.1) is 0 Å². The van der Waals surface area contributed by atoms with Gasteiger partial charge in [-0.3, -0.25) is 4.79 Å². The molecule has 19 heavy (non-hydrogen) atoms. The monoisotopic (exact) mass is 304 g/mol. The maximum absolute atomic E-state index is 11.8. The van der Waals surface area contributed by atoms with Gasteiger partial charge in [0.2, 0.25) is 5.91 Å². The molecule has 3 N–H and O–H groups in total. The van der Waals surface area contributed by atoms with E-state index >= 15 is 0 Å². The van der Waals surface area contributed by atoms with Gasteiger partial charge in [0, 0.05) is 12.2 Å². The second-order valence-electron chi connectivity index (χ2n) is 3.70. The molecule has 1 amide bonds. The maximum Gasteiger partial charge on any atom is 0.339 e. The third-order valence-electron chi connectivity index (χ3n) is 2.21. The zero-order valence-corrected chi connectivity index (χ0v) is 11.8. The van der Waals surface area contributed by atoms with Crippen molar-refractivity contribution in [1.82, 2.24) is 5.32 Å². The molecule has 5 nitrogen and oxygen atoms in total. The molecule has 0 aromatic heterocycles. The molecule has 0 aliphatic rings. The van der Waals surface area contributed by atoms with Crippen LogP contribution in [0.5, 0.6) is 0 Å². The van der Waals surface area contributed by atoms with Crippen LogP contribution in [-0.4, -0.2) is 25.0 Å². The van der Waals surface area contributed by atoms with E-state index < -0.39 is 5.97 Å². The van der Waals surface area contributed by atoms with Crippen LogP contribution in [0.1, 0.15) is 23.7 Å². The van der Waals surface area contributed by atoms with E-state index in [4.69, 9.17) is 33.7 Å². The van der Waals surface area contributed by atoms with E-state index in [0.29, 0.717) is 12.2 Å². The lowest BCUT2D eigenvalue weighted by molar-refractivity contribution is -0.121. The number of rotatable bonds is 5. The van der Waals surface area contributed by atoms with Gasteiger partial charge < -0.3 is 15.8 Å². The van der Waals surface area contributed by atoms with Crippen LogP contribution >= 0.6 is 23.2 Å². The third-order valence-corrected chi connectivity index (χ3v) is 3.01. The topological polar surface area (TPSA) is 81.4 Å². The average Bonchev–Trinajstić information content (AvgIpc) is 2.33. The zero-order valence-electron chi connectivity index (χ0n) is 10.3. The molecule has 1 rings (SSSR count). The van der Waals surface area contributed by atoms with Crippen LogP contribution in [0.25, 0.3) is 0 Å². The van der Waals surface area contributed by atoms with Crippen molar-refractivity contribution >= 4 is 40.8 Å². The summed E-state index contributed by atoms with van der Waals surface area (Å²) in [5, 5.41) is 2.85. The van der Waals surface area contributed by atoms with Crippen molar-refractivity contribution in [2.45, 2.75) is 13.3 Å². The highest BCUT2D eigenvalue weighted by Crippen LogP contribution is 2.29. The van der Waals surface area contributed by atoms with Crippen molar-refractivity contribution in [1.29, 1.82) is 0 Å². The van der Waals surface area contributed by atoms with Gasteiger partial charge in [-0.2, -0.15) is 0 Å². The van der Waals surface area contributed by atoms with Crippen molar-refractivity contribution in [3.8, 4) is 0 Å². The number of benzene rings is 1. The molecule has 0 saturated carbocycles. The zero-order chi connectivity index (χ0) is 14.4. The Bertz CT molecular complexity index is 492. The smallest absolute Gasteiger partial charge is 0.339 e. The van der Waals surface area contributed by atoms with E-state index in [1.54, 1.807) is 6.92 Å². The first-order valence-corrected chi connectivity index (χ1v) is 6.39. The number of ether oxygens (including phenoxy) is 1. The van der Waals surface area contributed by atoms with E-state index in [-0.39, 0.29) is 34.5 Å². The molecule has 0 radical (unpaired) electrons. The summed E-state index contributed by atoms with van der Waals surface area (Å²) in [5.41, 5.74) is 5.96. The molecule has 0 atom stereocenters. The molecule has 0 heterocycles. The predicted molar refractivity (Wildman–Crippen MR) is 74.5 cm³/mol. The maximum atomic E-state index is 11.8. The van der Waals surface area contributed by atoms with Crippen LogP contribution in [0.2, 0.25) is 10.0 Å². The van der Waals surface area contributed by atoms with Crippen molar-refractivity contribution in [3.63, 3.8) is 0 Å². The largest absolute Gasteiger partial charge is 0.462 e. The SMILES string of the molecule is CCNC(=O)CCOC(=O)c1cc(N)cc(Cl)c1Cl. The van der Waals surface area contributed by atoms with E-state index in [1.807, 2.05) is 0 Å². The van der Waals surface area contributed by atoms with Crippen LogP contribution in [0.15, 0.2) is 12.1 Å². The van der Waals surface area contributed by atoms with Gasteiger partial charge in [-0.1, -0.05) is 23.2 Å². The van der Waals surface area contributed by atoms with E-state index in [0.717, 1.165) is 0 Å². The van der Waals surface area contributed by atoms with Gasteiger partial charge in [0.15, 0.2) is 0 Å². The normalized spacial score (nSPS) is 10.1. The van der Waals surface area contributed by atoms with Gasteiger partial charge in [-0.05, 0) is 19.1 Å². The molecular formula is C12H14Cl2N2O3. The van der Waals surface area contributed by atoms with Gasteiger partial charge in [-0.15, -0.1) is 0 Å². The second kappa shape index (κ2) is 7.21. The first-order chi connectivity index (χ1) is 8.95. The Morgan fingerprint density at radius 3 is 2.68 bits per heavy atom. The fourth-order valence-corrected chi connectivity index (χ4v) is 1.77. The number of nitrogens with two attached hydrogens (primary N) is 1. The number of halogens is 2. The number of carbonyl (C=O) groups is 2. The lowest BCUT2D eigenvalue weighted by Gasteiger charge is -2.08. The molecule has 104 valence electrons. The van der Waals surface area contributed by atoms with Gasteiger partial charge in [0.25, 0.3) is 0 Å². The molecule has 0 saturated heterocycles. The Morgan fingerprint density at radius 1 is 1.37 bits per heavy atom. The summed E-state index contributed by atoms with van der Waals surface area (Å²) in [6.07, 6.45) is 0.0905. The quantitative estimate of drug-likeness (QED) is 0.646. The summed E-state index contributed by atoms with van der Waals surface area (Å²) in [7, 11) is 0. The fourth-order valence-electron chi connectivity index (χ4n) is 1.36. The fraction of sp³-hybridized carbons (Fsp3) is 0.333. The minimum Gasteiger partial charge on any atom is -0.462 e. The molecule has 0 aliphatic heterocycles. The number of amides is 1. The average molecular weight is 305 g/mol. The Labute approximate surface area is 121 Å². The van der Waals surface area contributed by atoms with E-state index in [1.165, 1.54) is 12.1 Å². The van der Waals surface area contributed by atoms with Crippen molar-refractivity contribution in [2.24, 2.45) is 0 Å². The Hall–Kier alpha value is -1.46. The molecule has 0 spiro atoms. The van der Waals surface area contributed by atoms with Gasteiger partial charge in [0.05, 0.1) is 22.0 Å². The molecule has 0 fully saturated rings. The summed E-state index contributed by atoms with van der Waals surface area (Å²) in [6.45, 7) is 2.30. The highest BCUT2D eigenvalue weighted by molar-refractivity contribution is 6.44. The molecule has 1 aromatic rings. The molecule has 0 bridgehead atoms. The minimum atomic E-state index is -0.663. The number of carbonyl (C=O) groups excluding carboxylic acids is 2. The van der Waals surface area contributed by atoms with Gasteiger partial charge in [-0.25, -0.2) is 4.79 Å². The Kier molecular flexibility index (Phi) is 5.92. The van der Waals surface area contributed by atoms with E-state index in [2.05, 4.69) is 5.32 Å². The third kappa shape index (κ3) is 4.61. The highest BCUT2D eigenvalue weighted by Gasteiger charge is 2.15. The number of nitrogens with one attached hydrogen (secondary N) is 1. The number of esters is 1. The van der Waals surface area contributed by atoms with Crippen molar-refractivity contribution in [3.05, 3.63) is 27.7 Å². The van der Waals surface area contributed by atoms with Crippen molar-refractivity contribution < 1.29 is 14.3 Å². The Morgan fingerprint density at radius 2 is 2.05 bits per heavy atom. The lowest BCUT2D eigenvalue weighted by atomic mass is 10.2. The number of hydrogen-bond acceptors (Lipinski definition) is 4. The van der Waals surface area contributed by atoms with Crippen LogP contribution in [0.3, 0.4) is 0 Å². The first kappa shape index (κ1) is 15.6. The lowest BCUT2D eigenvalue weighted by Crippen LogP contribution is -2.24. The predicted octanol–water partition coefficient (Wildman–Crippen LogP) is 2.26. The highest BCUT2D eigenvalue weighted by atomic mass is 35.5. The Balaban J connectivity index is 2.62. The molecule has 7 heteroatoms. The molecule has 1 aromatic carbocycles. The number of anilines is 1. The van der Waals surface area contributed by atoms with Crippen LogP contribution < -0.4 is 11.1 Å². The standard InChI is InChI=1S/C12H14Cl2N2O3/c1-2-16-10(17)3-4-19-12(18)8-5-7(15)6-9(13)11(8)14/h5-6H,2-4,15H2,1H3,(H,16,17). The van der Waals surface area contributed by atoms with Gasteiger partial charge >= 0.3 is 5.97 Å². The molecule has 0 aliphatic carbocycles. The summed E-state index contributed by atoms with van der Waals surface area (Å²) in [4.78, 5) is 22.9. The summed E-state index contributed by atoms with van der Waals surface area (Å²) in [5.74, 6) is -0.851. The number of hydrogen-bond donors (Lipinski definition) is 2. The van der Waals surface area contributed by atoms with Crippen LogP contribution in [-0.2, 0) is 9.53 Å². The van der Waals surface area contributed by atoms with Crippen LogP contribution in [0.4, 0.5) is 5.69 Å². The first-order valence-electron chi connectivity index (χ1n) is 5.64. The summed E-state index contributed by atoms with van der Waals surface area (Å²) in [6, 6.07) is 2.82. The molecular weight excluding hydrogens is 291 g/mol.